The molecule has 106 valence electrons. The molecule has 0 fully saturated rings. The summed E-state index contributed by atoms with van der Waals surface area (Å²) < 4.78 is 3.89. The van der Waals surface area contributed by atoms with Crippen molar-refractivity contribution in [2.75, 3.05) is 5.73 Å². The Hall–Kier alpha value is -1.95. The first-order chi connectivity index (χ1) is 9.38. The van der Waals surface area contributed by atoms with Crippen LogP contribution in [0.5, 0.6) is 0 Å². The number of nitrogens with one attached hydrogen (secondary N) is 1. The summed E-state index contributed by atoms with van der Waals surface area (Å²) in [6, 6.07) is 7.45. The fraction of sp³-hybridized carbons (Fsp3) is 0.357. The van der Waals surface area contributed by atoms with Crippen molar-refractivity contribution < 1.29 is 4.79 Å². The minimum absolute atomic E-state index is 0.146. The molecule has 5 nitrogen and oxygen atoms in total. The van der Waals surface area contributed by atoms with Crippen LogP contribution < -0.4 is 11.1 Å². The van der Waals surface area contributed by atoms with E-state index in [2.05, 4.69) is 14.9 Å². The highest BCUT2D eigenvalue weighted by atomic mass is 32.1. The van der Waals surface area contributed by atoms with E-state index in [1.165, 1.54) is 0 Å². The summed E-state index contributed by atoms with van der Waals surface area (Å²) in [5, 5.41) is 6.94. The topological polar surface area (TPSA) is 80.9 Å². The third kappa shape index (κ3) is 3.33. The molecule has 0 aliphatic rings. The number of nitrogen functional groups attached to an aromatic ring is 1. The van der Waals surface area contributed by atoms with E-state index < -0.39 is 0 Å². The molecule has 0 saturated heterocycles. The van der Waals surface area contributed by atoms with Crippen LogP contribution in [0, 0.1) is 0 Å². The van der Waals surface area contributed by atoms with E-state index in [4.69, 9.17) is 5.73 Å². The third-order valence-corrected chi connectivity index (χ3v) is 3.53. The number of nitrogens with zero attached hydrogens (tertiary/aromatic N) is 2. The number of aromatic nitrogens is 2. The second-order valence-corrected chi connectivity index (χ2v) is 6.38. The number of hydrogen-bond acceptors (Lipinski definition) is 5. The van der Waals surface area contributed by atoms with Gasteiger partial charge in [0.25, 0.3) is 5.91 Å². The molecule has 0 atom stereocenters. The van der Waals surface area contributed by atoms with Gasteiger partial charge in [0.1, 0.15) is 4.88 Å². The van der Waals surface area contributed by atoms with E-state index in [0.29, 0.717) is 17.1 Å². The van der Waals surface area contributed by atoms with Crippen LogP contribution in [0.1, 0.15) is 41.7 Å². The molecule has 1 aromatic heterocycles. The highest BCUT2D eigenvalue weighted by Crippen LogP contribution is 2.25. The standard InChI is InChI=1S/C14H18N4OS/c1-14(2,3)12-11(20-18-17-12)13(19)16-8-9-5-4-6-10(15)7-9/h4-7H,8,15H2,1-3H3,(H,16,19). The smallest absolute Gasteiger partial charge is 0.265 e. The summed E-state index contributed by atoms with van der Waals surface area (Å²) in [6.45, 7) is 6.47. The van der Waals surface area contributed by atoms with Gasteiger partial charge in [0.15, 0.2) is 0 Å². The quantitative estimate of drug-likeness (QED) is 0.850. The number of anilines is 1. The molecule has 1 amide bonds. The molecule has 1 aromatic carbocycles. The normalized spacial score (nSPS) is 11.3. The van der Waals surface area contributed by atoms with Gasteiger partial charge in [-0.2, -0.15) is 0 Å². The fourth-order valence-electron chi connectivity index (χ4n) is 1.80. The average molecular weight is 290 g/mol. The number of carbonyl (C=O) groups excluding carboxylic acids is 1. The van der Waals surface area contributed by atoms with Crippen molar-refractivity contribution in [1.29, 1.82) is 0 Å². The molecular formula is C14H18N4OS. The average Bonchev–Trinajstić information content (AvgIpc) is 2.85. The van der Waals surface area contributed by atoms with E-state index in [1.807, 2.05) is 45.0 Å². The Kier molecular flexibility index (Phi) is 4.04. The predicted molar refractivity (Wildman–Crippen MR) is 80.6 cm³/mol. The van der Waals surface area contributed by atoms with E-state index in [-0.39, 0.29) is 11.3 Å². The fourth-order valence-corrected chi connectivity index (χ4v) is 2.59. The third-order valence-electron chi connectivity index (χ3n) is 2.81. The molecule has 0 bridgehead atoms. The van der Waals surface area contributed by atoms with Crippen LogP contribution in [-0.4, -0.2) is 15.5 Å². The van der Waals surface area contributed by atoms with Crippen LogP contribution in [0.25, 0.3) is 0 Å². The molecule has 0 spiro atoms. The molecule has 1 heterocycles. The molecule has 2 aromatic rings. The molecule has 0 radical (unpaired) electrons. The van der Waals surface area contributed by atoms with Gasteiger partial charge in [-0.25, -0.2) is 0 Å². The maximum absolute atomic E-state index is 12.2. The van der Waals surface area contributed by atoms with Crippen molar-refractivity contribution in [3.63, 3.8) is 0 Å². The van der Waals surface area contributed by atoms with Gasteiger partial charge in [-0.1, -0.05) is 37.4 Å². The summed E-state index contributed by atoms with van der Waals surface area (Å²) in [5.74, 6) is -0.146. The second kappa shape index (κ2) is 5.58. The minimum Gasteiger partial charge on any atom is -0.399 e. The van der Waals surface area contributed by atoms with Gasteiger partial charge in [0, 0.05) is 17.6 Å². The van der Waals surface area contributed by atoms with E-state index in [9.17, 15) is 4.79 Å². The molecule has 20 heavy (non-hydrogen) atoms. The summed E-state index contributed by atoms with van der Waals surface area (Å²) >= 11 is 1.12. The van der Waals surface area contributed by atoms with E-state index in [1.54, 1.807) is 0 Å². The predicted octanol–water partition coefficient (Wildman–Crippen LogP) is 2.35. The zero-order valence-electron chi connectivity index (χ0n) is 11.8. The van der Waals surface area contributed by atoms with Crippen LogP contribution in [0.3, 0.4) is 0 Å². The Balaban J connectivity index is 2.08. The number of rotatable bonds is 3. The number of benzene rings is 1. The van der Waals surface area contributed by atoms with Gasteiger partial charge in [-0.3, -0.25) is 4.79 Å². The lowest BCUT2D eigenvalue weighted by atomic mass is 9.91. The lowest BCUT2D eigenvalue weighted by molar-refractivity contribution is 0.0952. The van der Waals surface area contributed by atoms with Gasteiger partial charge < -0.3 is 11.1 Å². The minimum atomic E-state index is -0.198. The SMILES string of the molecule is CC(C)(C)c1nnsc1C(=O)NCc1cccc(N)c1. The maximum atomic E-state index is 12.2. The molecule has 0 unspecified atom stereocenters. The highest BCUT2D eigenvalue weighted by molar-refractivity contribution is 7.08. The number of hydrogen-bond donors (Lipinski definition) is 2. The molecule has 3 N–H and O–H groups in total. The first-order valence-corrected chi connectivity index (χ1v) is 7.10. The molecular weight excluding hydrogens is 272 g/mol. The Labute approximate surface area is 122 Å². The van der Waals surface area contributed by atoms with Crippen LogP contribution >= 0.6 is 11.5 Å². The number of carbonyl (C=O) groups is 1. The van der Waals surface area contributed by atoms with Crippen molar-refractivity contribution in [2.45, 2.75) is 32.7 Å². The lowest BCUT2D eigenvalue weighted by Gasteiger charge is -2.16. The maximum Gasteiger partial charge on any atom is 0.265 e. The zero-order chi connectivity index (χ0) is 14.8. The Bertz CT molecular complexity index is 616. The van der Waals surface area contributed by atoms with Crippen LogP contribution in [-0.2, 0) is 12.0 Å². The second-order valence-electron chi connectivity index (χ2n) is 5.63. The van der Waals surface area contributed by atoms with E-state index >= 15 is 0 Å². The van der Waals surface area contributed by atoms with Crippen molar-refractivity contribution in [2.24, 2.45) is 0 Å². The summed E-state index contributed by atoms with van der Waals surface area (Å²) in [6.07, 6.45) is 0. The van der Waals surface area contributed by atoms with Crippen molar-refractivity contribution >= 4 is 23.1 Å². The van der Waals surface area contributed by atoms with Crippen molar-refractivity contribution in [1.82, 2.24) is 14.9 Å². The monoisotopic (exact) mass is 290 g/mol. The zero-order valence-corrected chi connectivity index (χ0v) is 12.6. The van der Waals surface area contributed by atoms with Gasteiger partial charge in [0.2, 0.25) is 0 Å². The van der Waals surface area contributed by atoms with Crippen LogP contribution in [0.2, 0.25) is 0 Å². The lowest BCUT2D eigenvalue weighted by Crippen LogP contribution is -2.25. The molecule has 6 heteroatoms. The van der Waals surface area contributed by atoms with Crippen molar-refractivity contribution in [3.05, 3.63) is 40.4 Å². The first-order valence-electron chi connectivity index (χ1n) is 6.33. The first kappa shape index (κ1) is 14.5. The Morgan fingerprint density at radius 2 is 2.15 bits per heavy atom. The number of amides is 1. The summed E-state index contributed by atoms with van der Waals surface area (Å²) in [7, 11) is 0. The Morgan fingerprint density at radius 3 is 2.80 bits per heavy atom. The van der Waals surface area contributed by atoms with E-state index in [0.717, 1.165) is 22.8 Å². The van der Waals surface area contributed by atoms with Crippen LogP contribution in [0.4, 0.5) is 5.69 Å². The van der Waals surface area contributed by atoms with Gasteiger partial charge in [-0.15, -0.1) is 5.10 Å². The molecule has 0 saturated carbocycles. The summed E-state index contributed by atoms with van der Waals surface area (Å²) in [5.41, 5.74) is 7.89. The van der Waals surface area contributed by atoms with Crippen molar-refractivity contribution in [3.8, 4) is 0 Å². The largest absolute Gasteiger partial charge is 0.399 e. The van der Waals surface area contributed by atoms with Gasteiger partial charge in [0.05, 0.1) is 5.69 Å². The summed E-state index contributed by atoms with van der Waals surface area (Å²) in [4.78, 5) is 12.8. The Morgan fingerprint density at radius 1 is 1.40 bits per heavy atom. The highest BCUT2D eigenvalue weighted by Gasteiger charge is 2.26. The van der Waals surface area contributed by atoms with Gasteiger partial charge in [-0.05, 0) is 29.2 Å². The molecule has 2 rings (SSSR count). The van der Waals surface area contributed by atoms with Gasteiger partial charge >= 0.3 is 0 Å². The molecule has 0 aliphatic heterocycles. The molecule has 0 aliphatic carbocycles. The number of nitrogens with two attached hydrogens (primary N) is 1. The van der Waals surface area contributed by atoms with Crippen LogP contribution in [0.15, 0.2) is 24.3 Å².